The number of hydrogen-bond acceptors (Lipinski definition) is 16. The summed E-state index contributed by atoms with van der Waals surface area (Å²) in [6.07, 6.45) is 2.89. The van der Waals surface area contributed by atoms with E-state index in [-0.39, 0.29) is 57.8 Å². The molecule has 4 aromatic heterocycles. The second-order valence-electron chi connectivity index (χ2n) is 5.87. The molecule has 205 valence electrons. The fourth-order valence-electron chi connectivity index (χ4n) is 1.91. The van der Waals surface area contributed by atoms with Crippen LogP contribution >= 0.6 is 22.7 Å². The Morgan fingerprint density at radius 3 is 1.41 bits per heavy atom. The van der Waals surface area contributed by atoms with Gasteiger partial charge in [-0.1, -0.05) is 22.7 Å². The van der Waals surface area contributed by atoms with Crippen LogP contribution in [0.5, 0.6) is 0 Å². The summed E-state index contributed by atoms with van der Waals surface area (Å²) in [5, 5.41) is 33.2. The molecule has 1 radical (unpaired) electrons. The molecule has 0 saturated carbocycles. The van der Waals surface area contributed by atoms with Gasteiger partial charge in [0, 0.05) is 24.6 Å². The minimum Gasteiger partial charge on any atom is -2.00 e. The molecule has 25 heteroatoms. The maximum atomic E-state index is 10.4. The Kier molecular flexibility index (Phi) is 14.2. The number of aromatic amines is 2. The van der Waals surface area contributed by atoms with Crippen LogP contribution < -0.4 is 11.5 Å². The van der Waals surface area contributed by atoms with Gasteiger partial charge >= 0.3 is 39.0 Å². The van der Waals surface area contributed by atoms with E-state index < -0.39 is 20.2 Å². The summed E-state index contributed by atoms with van der Waals surface area (Å²) in [7, 11) is -4.67. The molecule has 39 heavy (non-hydrogen) atoms. The first kappa shape index (κ1) is 34.8. The molecule has 4 heterocycles. The maximum absolute atomic E-state index is 10.4. The van der Waals surface area contributed by atoms with E-state index in [1.165, 1.54) is 24.6 Å². The largest absolute Gasteiger partial charge is 4.00 e. The molecule has 0 spiro atoms. The molecule has 0 amide bonds. The Bertz CT molecular complexity index is 1420. The van der Waals surface area contributed by atoms with Crippen LogP contribution in [-0.2, 0) is 34.4 Å². The van der Waals surface area contributed by atoms with Crippen molar-refractivity contribution in [1.82, 2.24) is 30.4 Å². The van der Waals surface area contributed by atoms with Gasteiger partial charge in [-0.3, -0.25) is 29.3 Å². The summed E-state index contributed by atoms with van der Waals surface area (Å²) in [6.45, 7) is 0. The Balaban J connectivity index is 0.000000606. The van der Waals surface area contributed by atoms with Crippen LogP contribution in [-0.4, -0.2) is 70.2 Å². The molecule has 4 aromatic rings. The van der Waals surface area contributed by atoms with Crippen LogP contribution in [0.2, 0.25) is 0 Å². The molecule has 0 saturated heterocycles. The van der Waals surface area contributed by atoms with Crippen LogP contribution in [0.15, 0.2) is 34.3 Å². The fraction of sp³-hybridized carbons (Fsp3) is 0. The van der Waals surface area contributed by atoms with Gasteiger partial charge in [0.25, 0.3) is 11.9 Å². The SMILES string of the molecule is Nc1nc(/N=C/c2ccc([N+](=O)[O-])s2)n[nH]1.Nc1nc(/N=C/c2ccc([N+](=O)[O-])s2)n[nH]1.O=S(=O)(O)O.[O-2].[V+4]. The van der Waals surface area contributed by atoms with E-state index in [1.54, 1.807) is 12.1 Å². The summed E-state index contributed by atoms with van der Waals surface area (Å²) in [5.41, 5.74) is 10.6. The third-order valence-corrected chi connectivity index (χ3v) is 5.12. The number of nitrogen functional groups attached to an aromatic ring is 2. The van der Waals surface area contributed by atoms with Crippen LogP contribution in [0.1, 0.15) is 9.75 Å². The number of thiophene rings is 2. The minimum absolute atomic E-state index is 0. The van der Waals surface area contributed by atoms with E-state index in [2.05, 4.69) is 40.3 Å². The summed E-state index contributed by atoms with van der Waals surface area (Å²) >= 11 is 2.04. The number of aliphatic imine (C=N–C) groups is 2. The zero-order valence-corrected chi connectivity index (χ0v) is 22.5. The van der Waals surface area contributed by atoms with E-state index >= 15 is 0 Å². The normalized spacial score (nSPS) is 10.5. The molecule has 0 aromatic carbocycles. The molecule has 0 aliphatic carbocycles. The maximum Gasteiger partial charge on any atom is 4.00 e. The van der Waals surface area contributed by atoms with Crippen LogP contribution in [0.25, 0.3) is 0 Å². The zero-order chi connectivity index (χ0) is 27.6. The van der Waals surface area contributed by atoms with E-state index in [4.69, 9.17) is 29.0 Å². The molecule has 21 nitrogen and oxygen atoms in total. The molecule has 0 unspecified atom stereocenters. The van der Waals surface area contributed by atoms with Gasteiger partial charge in [0.15, 0.2) is 0 Å². The van der Waals surface area contributed by atoms with Gasteiger partial charge < -0.3 is 16.9 Å². The Labute approximate surface area is 236 Å². The number of anilines is 2. The van der Waals surface area contributed by atoms with Crippen molar-refractivity contribution in [1.29, 1.82) is 0 Å². The first-order chi connectivity index (χ1) is 17.3. The third-order valence-electron chi connectivity index (χ3n) is 3.18. The predicted molar refractivity (Wildman–Crippen MR) is 133 cm³/mol. The van der Waals surface area contributed by atoms with E-state index in [0.29, 0.717) is 9.75 Å². The molecule has 0 aliphatic rings. The van der Waals surface area contributed by atoms with Gasteiger partial charge in [-0.25, -0.2) is 20.2 Å². The second-order valence-corrected chi connectivity index (χ2v) is 8.96. The summed E-state index contributed by atoms with van der Waals surface area (Å²) in [6, 6.07) is 6.03. The molecule has 0 fully saturated rings. The number of nitrogens with zero attached hydrogens (tertiary/aromatic N) is 8. The van der Waals surface area contributed by atoms with Crippen LogP contribution in [0, 0.1) is 20.2 Å². The molecular formula is C14H14N12O9S3V+2. The smallest absolute Gasteiger partial charge is 2.00 e. The number of rotatable bonds is 6. The quantitative estimate of drug-likeness (QED) is 0.0751. The van der Waals surface area contributed by atoms with Crippen molar-refractivity contribution in [3.8, 4) is 0 Å². The van der Waals surface area contributed by atoms with Gasteiger partial charge in [-0.05, 0) is 12.1 Å². The zero-order valence-electron chi connectivity index (χ0n) is 18.6. The summed E-state index contributed by atoms with van der Waals surface area (Å²) < 4.78 is 31.6. The topological polar surface area (TPSA) is 349 Å². The number of nitrogens with one attached hydrogen (secondary N) is 2. The second kappa shape index (κ2) is 15.9. The monoisotopic (exact) mass is 641 g/mol. The van der Waals surface area contributed by atoms with Crippen molar-refractivity contribution in [3.05, 3.63) is 54.2 Å². The van der Waals surface area contributed by atoms with E-state index in [1.807, 2.05) is 0 Å². The Morgan fingerprint density at radius 2 is 1.18 bits per heavy atom. The average Bonchev–Trinajstić information content (AvgIpc) is 3.58. The summed E-state index contributed by atoms with van der Waals surface area (Å²) in [4.78, 5) is 36.5. The van der Waals surface area contributed by atoms with Gasteiger partial charge in [-0.2, -0.15) is 18.4 Å². The number of H-pyrrole nitrogens is 2. The number of hydrogen-bond donors (Lipinski definition) is 6. The Hall–Kier alpha value is -4.17. The van der Waals surface area contributed by atoms with E-state index in [9.17, 15) is 20.2 Å². The van der Waals surface area contributed by atoms with E-state index in [0.717, 1.165) is 22.7 Å². The first-order valence-corrected chi connectivity index (χ1v) is 12.0. The van der Waals surface area contributed by atoms with Crippen molar-refractivity contribution in [2.75, 3.05) is 11.5 Å². The van der Waals surface area contributed by atoms with Crippen molar-refractivity contribution in [2.45, 2.75) is 0 Å². The van der Waals surface area contributed by atoms with Crippen molar-refractivity contribution in [3.63, 3.8) is 0 Å². The molecule has 8 N–H and O–H groups in total. The third kappa shape index (κ3) is 13.8. The predicted octanol–water partition coefficient (Wildman–Crippen LogP) is 1.44. The molecule has 0 aliphatic heterocycles. The van der Waals surface area contributed by atoms with Gasteiger partial charge in [0.1, 0.15) is 0 Å². The van der Waals surface area contributed by atoms with Crippen molar-refractivity contribution < 1.29 is 51.4 Å². The molecule has 0 bridgehead atoms. The standard InChI is InChI=1S/2C7H6N6O2S.H2O4S.O.V/c2*8-6-10-7(12-11-6)9-3-4-1-2-5(16-4)13(14)15;1-5(2,3)4;;/h2*1-3H,(H3,8,10,11,12);(H2,1,2,3,4);;/q;;;-2;+4/b2*9-3+;;;. The van der Waals surface area contributed by atoms with Gasteiger partial charge in [-0.15, -0.1) is 10.2 Å². The summed E-state index contributed by atoms with van der Waals surface area (Å²) in [5.74, 6) is 0.718. The minimum atomic E-state index is -4.67. The molecule has 4 rings (SSSR count). The number of nitro groups is 2. The first-order valence-electron chi connectivity index (χ1n) is 8.92. The van der Waals surface area contributed by atoms with Crippen molar-refractivity contribution >= 4 is 79.3 Å². The van der Waals surface area contributed by atoms with Crippen molar-refractivity contribution in [2.24, 2.45) is 9.98 Å². The molecular weight excluding hydrogens is 627 g/mol. The average molecular weight is 641 g/mol. The number of aromatic nitrogens is 6. The van der Waals surface area contributed by atoms with Gasteiger partial charge in [0.05, 0.1) is 19.6 Å². The van der Waals surface area contributed by atoms with Gasteiger partial charge in [0.2, 0.25) is 11.9 Å². The number of nitrogens with two attached hydrogens (primary N) is 2. The van der Waals surface area contributed by atoms with Crippen LogP contribution in [0.4, 0.5) is 33.8 Å². The fourth-order valence-corrected chi connectivity index (χ4v) is 3.29. The molecule has 0 atom stereocenters. The Morgan fingerprint density at radius 1 is 0.846 bits per heavy atom. The van der Waals surface area contributed by atoms with Crippen LogP contribution in [0.3, 0.4) is 0 Å².